The zero-order valence-corrected chi connectivity index (χ0v) is 12.0. The van der Waals surface area contributed by atoms with Crippen molar-refractivity contribution in [1.82, 2.24) is 10.6 Å². The predicted octanol–water partition coefficient (Wildman–Crippen LogP) is 2.26. The van der Waals surface area contributed by atoms with Crippen LogP contribution in [0.25, 0.3) is 0 Å². The van der Waals surface area contributed by atoms with Gasteiger partial charge < -0.3 is 15.7 Å². The van der Waals surface area contributed by atoms with Crippen molar-refractivity contribution >= 4 is 12.0 Å². The second kappa shape index (κ2) is 6.51. The highest BCUT2D eigenvalue weighted by Gasteiger charge is 2.32. The Morgan fingerprint density at radius 2 is 1.90 bits per heavy atom. The summed E-state index contributed by atoms with van der Waals surface area (Å²) >= 11 is 0. The summed E-state index contributed by atoms with van der Waals surface area (Å²) in [6.07, 6.45) is 0. The van der Waals surface area contributed by atoms with Gasteiger partial charge in [0.05, 0.1) is 0 Å². The molecule has 0 aliphatic rings. The summed E-state index contributed by atoms with van der Waals surface area (Å²) in [4.78, 5) is 22.8. The Bertz CT molecular complexity index is 542. The Labute approximate surface area is 121 Å². The largest absolute Gasteiger partial charge is 0.480 e. The first kappa shape index (κ1) is 16.9. The number of amides is 2. The van der Waals surface area contributed by atoms with E-state index in [1.54, 1.807) is 20.8 Å². The van der Waals surface area contributed by atoms with Crippen molar-refractivity contribution in [3.63, 3.8) is 0 Å². The molecule has 1 rings (SSSR count). The quantitative estimate of drug-likeness (QED) is 0.798. The molecule has 0 aliphatic heterocycles. The van der Waals surface area contributed by atoms with Gasteiger partial charge in [0, 0.05) is 18.2 Å². The number of urea groups is 1. The van der Waals surface area contributed by atoms with Gasteiger partial charge in [0.25, 0.3) is 0 Å². The number of carboxylic acids is 1. The number of aliphatic carboxylic acids is 1. The fourth-order valence-corrected chi connectivity index (χ4v) is 1.67. The second-order valence-corrected chi connectivity index (χ2v) is 5.70. The molecular weight excluding hydrogens is 282 g/mol. The highest BCUT2D eigenvalue weighted by molar-refractivity contribution is 5.83. The van der Waals surface area contributed by atoms with Crippen molar-refractivity contribution in [1.29, 1.82) is 0 Å². The summed E-state index contributed by atoms with van der Waals surface area (Å²) in [5, 5.41) is 13.7. The van der Waals surface area contributed by atoms with Gasteiger partial charge in [-0.25, -0.2) is 18.4 Å². The standard InChI is InChI=1S/C14H18F2N2O3/c1-14(2,3)11(12(19)20)18-13(21)17-7-8-4-5-9(15)6-10(8)16/h4-6,11H,7H2,1-3H3,(H,19,20)(H2,17,18,21)/t11-/m0/s1. The smallest absolute Gasteiger partial charge is 0.326 e. The molecule has 5 nitrogen and oxygen atoms in total. The number of carboxylic acid groups (broad SMARTS) is 1. The van der Waals surface area contributed by atoms with Gasteiger partial charge in [-0.3, -0.25) is 0 Å². The van der Waals surface area contributed by atoms with Crippen molar-refractivity contribution in [2.75, 3.05) is 0 Å². The van der Waals surface area contributed by atoms with Crippen LogP contribution >= 0.6 is 0 Å². The number of hydrogen-bond donors (Lipinski definition) is 3. The van der Waals surface area contributed by atoms with Crippen LogP contribution in [0.1, 0.15) is 26.3 Å². The number of carbonyl (C=O) groups excluding carboxylic acids is 1. The highest BCUT2D eigenvalue weighted by Crippen LogP contribution is 2.19. The van der Waals surface area contributed by atoms with Gasteiger partial charge in [-0.15, -0.1) is 0 Å². The van der Waals surface area contributed by atoms with Gasteiger partial charge in [0.1, 0.15) is 17.7 Å². The molecular formula is C14H18F2N2O3. The molecule has 0 radical (unpaired) electrons. The molecule has 0 saturated heterocycles. The van der Waals surface area contributed by atoms with Crippen LogP contribution in [0.3, 0.4) is 0 Å². The maximum Gasteiger partial charge on any atom is 0.326 e. The van der Waals surface area contributed by atoms with E-state index in [2.05, 4.69) is 10.6 Å². The van der Waals surface area contributed by atoms with E-state index in [9.17, 15) is 18.4 Å². The average Bonchev–Trinajstić information content (AvgIpc) is 2.33. The van der Waals surface area contributed by atoms with E-state index >= 15 is 0 Å². The molecule has 2 amide bonds. The summed E-state index contributed by atoms with van der Waals surface area (Å²) in [5.41, 5.74) is -0.571. The monoisotopic (exact) mass is 300 g/mol. The molecule has 0 aliphatic carbocycles. The lowest BCUT2D eigenvalue weighted by Crippen LogP contribution is -2.52. The molecule has 1 aromatic carbocycles. The van der Waals surface area contributed by atoms with E-state index in [1.165, 1.54) is 6.07 Å². The maximum absolute atomic E-state index is 13.4. The number of carbonyl (C=O) groups is 2. The number of hydrogen-bond acceptors (Lipinski definition) is 2. The minimum atomic E-state index is -1.16. The Kier molecular flexibility index (Phi) is 5.23. The van der Waals surface area contributed by atoms with Crippen LogP contribution in [0, 0.1) is 17.0 Å². The van der Waals surface area contributed by atoms with Gasteiger partial charge in [0.15, 0.2) is 0 Å². The summed E-state index contributed by atoms with van der Waals surface area (Å²) in [5.74, 6) is -2.65. The molecule has 0 fully saturated rings. The van der Waals surface area contributed by atoms with E-state index < -0.39 is 35.1 Å². The topological polar surface area (TPSA) is 78.4 Å². The molecule has 0 unspecified atom stereocenters. The highest BCUT2D eigenvalue weighted by atomic mass is 19.1. The Balaban J connectivity index is 2.63. The lowest BCUT2D eigenvalue weighted by molar-refractivity contribution is -0.141. The molecule has 1 atom stereocenters. The van der Waals surface area contributed by atoms with Crippen molar-refractivity contribution in [3.8, 4) is 0 Å². The Hall–Kier alpha value is -2.18. The Morgan fingerprint density at radius 1 is 1.29 bits per heavy atom. The van der Waals surface area contributed by atoms with E-state index in [-0.39, 0.29) is 12.1 Å². The van der Waals surface area contributed by atoms with Gasteiger partial charge in [-0.05, 0) is 11.5 Å². The molecule has 0 aromatic heterocycles. The van der Waals surface area contributed by atoms with Crippen LogP contribution in [0.15, 0.2) is 18.2 Å². The summed E-state index contributed by atoms with van der Waals surface area (Å²) in [6.45, 7) is 4.84. The second-order valence-electron chi connectivity index (χ2n) is 5.70. The molecule has 0 spiro atoms. The van der Waals surface area contributed by atoms with Gasteiger partial charge in [-0.2, -0.15) is 0 Å². The number of rotatable bonds is 4. The van der Waals surface area contributed by atoms with Crippen LogP contribution in [0.5, 0.6) is 0 Å². The van der Waals surface area contributed by atoms with Crippen LogP contribution in [0.2, 0.25) is 0 Å². The lowest BCUT2D eigenvalue weighted by Gasteiger charge is -2.27. The zero-order chi connectivity index (χ0) is 16.2. The Morgan fingerprint density at radius 3 is 2.38 bits per heavy atom. The van der Waals surface area contributed by atoms with E-state index in [0.717, 1.165) is 6.07 Å². The maximum atomic E-state index is 13.4. The number of halogens is 2. The molecule has 0 bridgehead atoms. The minimum absolute atomic E-state index is 0.106. The third kappa shape index (κ3) is 5.02. The predicted molar refractivity (Wildman–Crippen MR) is 72.6 cm³/mol. The third-order valence-electron chi connectivity index (χ3n) is 2.84. The van der Waals surface area contributed by atoms with Gasteiger partial charge in [0.2, 0.25) is 0 Å². The molecule has 0 heterocycles. The number of nitrogens with one attached hydrogen (secondary N) is 2. The fraction of sp³-hybridized carbons (Fsp3) is 0.429. The van der Waals surface area contributed by atoms with Crippen molar-refractivity contribution in [2.45, 2.75) is 33.4 Å². The summed E-state index contributed by atoms with van der Waals surface area (Å²) in [6, 6.07) is 1.18. The van der Waals surface area contributed by atoms with Gasteiger partial charge in [-0.1, -0.05) is 26.8 Å². The minimum Gasteiger partial charge on any atom is -0.480 e. The van der Waals surface area contributed by atoms with Crippen molar-refractivity contribution in [3.05, 3.63) is 35.4 Å². The molecule has 116 valence electrons. The average molecular weight is 300 g/mol. The first-order valence-corrected chi connectivity index (χ1v) is 6.32. The molecule has 0 saturated carbocycles. The van der Waals surface area contributed by atoms with E-state index in [1.807, 2.05) is 0 Å². The molecule has 21 heavy (non-hydrogen) atoms. The van der Waals surface area contributed by atoms with Gasteiger partial charge >= 0.3 is 12.0 Å². The first-order valence-electron chi connectivity index (χ1n) is 6.32. The number of benzene rings is 1. The van der Waals surface area contributed by atoms with Crippen LogP contribution in [-0.2, 0) is 11.3 Å². The van der Waals surface area contributed by atoms with Crippen LogP contribution in [0.4, 0.5) is 13.6 Å². The van der Waals surface area contributed by atoms with Crippen LogP contribution in [-0.4, -0.2) is 23.1 Å². The normalized spacial score (nSPS) is 12.6. The summed E-state index contributed by atoms with van der Waals surface area (Å²) in [7, 11) is 0. The molecule has 1 aromatic rings. The third-order valence-corrected chi connectivity index (χ3v) is 2.84. The molecule has 3 N–H and O–H groups in total. The van der Waals surface area contributed by atoms with Crippen molar-refractivity contribution < 1.29 is 23.5 Å². The SMILES string of the molecule is CC(C)(C)[C@@H](NC(=O)NCc1ccc(F)cc1F)C(=O)O. The van der Waals surface area contributed by atoms with E-state index in [0.29, 0.717) is 6.07 Å². The lowest BCUT2D eigenvalue weighted by atomic mass is 9.87. The molecule has 7 heteroatoms. The summed E-state index contributed by atoms with van der Waals surface area (Å²) < 4.78 is 26.1. The fourth-order valence-electron chi connectivity index (χ4n) is 1.67. The van der Waals surface area contributed by atoms with E-state index in [4.69, 9.17) is 5.11 Å². The van der Waals surface area contributed by atoms with Crippen LogP contribution < -0.4 is 10.6 Å². The first-order chi connectivity index (χ1) is 9.61. The van der Waals surface area contributed by atoms with Crippen molar-refractivity contribution in [2.24, 2.45) is 5.41 Å². The zero-order valence-electron chi connectivity index (χ0n) is 12.0.